The largest absolute Gasteiger partial charge is 0.494 e. The summed E-state index contributed by atoms with van der Waals surface area (Å²) in [5, 5.41) is 0. The molecule has 5 nitrogen and oxygen atoms in total. The molecule has 0 aromatic heterocycles. The number of carbonyl (C=O) groups is 1. The van der Waals surface area contributed by atoms with E-state index in [1.54, 1.807) is 12.5 Å². The number of rotatable bonds is 18. The predicted octanol–water partition coefficient (Wildman–Crippen LogP) is 6.47. The molecule has 0 aromatic carbocycles. The number of aldehydes is 1. The molecule has 0 N–H and O–H groups in total. The number of aliphatic imine (C=N–C) groups is 1. The molecule has 172 valence electrons. The first-order valence-electron chi connectivity index (χ1n) is 10.9. The first-order valence-corrected chi connectivity index (χ1v) is 10.9. The van der Waals surface area contributed by atoms with Gasteiger partial charge >= 0.3 is 0 Å². The van der Waals surface area contributed by atoms with Crippen LogP contribution in [-0.2, 0) is 19.0 Å². The van der Waals surface area contributed by atoms with E-state index >= 15 is 0 Å². The molecule has 0 fully saturated rings. The van der Waals surface area contributed by atoms with Crippen molar-refractivity contribution in [1.29, 1.82) is 0 Å². The van der Waals surface area contributed by atoms with E-state index in [4.69, 9.17) is 14.2 Å². The number of carbonyl (C=O) groups excluding carboxylic acids is 1. The molecule has 0 bridgehead atoms. The highest BCUT2D eigenvalue weighted by molar-refractivity contribution is 5.74. The second-order valence-electron chi connectivity index (χ2n) is 6.63. The number of hydrogen-bond acceptors (Lipinski definition) is 5. The summed E-state index contributed by atoms with van der Waals surface area (Å²) in [6.07, 6.45) is 21.4. The van der Waals surface area contributed by atoms with Crippen LogP contribution in [0.15, 0.2) is 77.5 Å². The number of allylic oxidation sites excluding steroid dienone is 8. The van der Waals surface area contributed by atoms with Crippen LogP contribution in [0.5, 0.6) is 0 Å². The molecule has 0 aromatic rings. The number of ether oxygens (including phenoxy) is 3. The average molecular weight is 430 g/mol. The van der Waals surface area contributed by atoms with E-state index in [0.717, 1.165) is 43.5 Å². The van der Waals surface area contributed by atoms with Crippen LogP contribution >= 0.6 is 0 Å². The fourth-order valence-electron chi connectivity index (χ4n) is 2.36. The predicted molar refractivity (Wildman–Crippen MR) is 130 cm³/mol. The topological polar surface area (TPSA) is 57.1 Å². The zero-order chi connectivity index (χ0) is 23.2. The Labute approximate surface area is 188 Å². The fourth-order valence-corrected chi connectivity index (χ4v) is 2.36. The Balaban J connectivity index is 4.33. The van der Waals surface area contributed by atoms with Gasteiger partial charge in [0, 0.05) is 11.5 Å². The van der Waals surface area contributed by atoms with E-state index in [2.05, 4.69) is 30.6 Å². The summed E-state index contributed by atoms with van der Waals surface area (Å²) >= 11 is 0. The zero-order valence-corrected chi connectivity index (χ0v) is 19.6. The lowest BCUT2D eigenvalue weighted by Crippen LogP contribution is -1.96. The third kappa shape index (κ3) is 16.6. The second-order valence-corrected chi connectivity index (χ2v) is 6.63. The first-order chi connectivity index (χ1) is 15.1. The van der Waals surface area contributed by atoms with Gasteiger partial charge in [-0.05, 0) is 77.0 Å². The van der Waals surface area contributed by atoms with Crippen LogP contribution < -0.4 is 0 Å². The summed E-state index contributed by atoms with van der Waals surface area (Å²) in [5.41, 5.74) is 0.694. The van der Waals surface area contributed by atoms with Crippen molar-refractivity contribution in [3.63, 3.8) is 0 Å². The highest BCUT2D eigenvalue weighted by Crippen LogP contribution is 2.12. The molecular formula is C26H39NO4. The SMILES string of the molecule is C=CC(/C=C\OCO/C(C)=C\CC/C=C(/C=O)CN=CC)C/C=C(/C=C\CC)OCC. The van der Waals surface area contributed by atoms with Crippen LogP contribution in [-0.4, -0.2) is 32.4 Å². The van der Waals surface area contributed by atoms with Crippen LogP contribution in [0.2, 0.25) is 0 Å². The highest BCUT2D eigenvalue weighted by atomic mass is 16.7. The standard InChI is InChI=1S/C26H39NO4/c1-6-10-15-26(30-9-4)17-16-24(7-2)18-19-29-22-31-23(5)13-11-12-14-25(21-28)20-27-8-3/h7-8,10,13-15,17-19,21,24H,2,6,9,11-12,16,20,22H2,1,3-5H3/b15-10-,19-18-,23-13-,25-14+,26-17-,27-8?. The maximum atomic E-state index is 10.9. The number of nitrogens with zero attached hydrogens (tertiary/aromatic N) is 1. The lowest BCUT2D eigenvalue weighted by atomic mass is 10.1. The minimum Gasteiger partial charge on any atom is -0.494 e. The van der Waals surface area contributed by atoms with E-state index in [1.165, 1.54) is 0 Å². The van der Waals surface area contributed by atoms with Gasteiger partial charge in [0.15, 0.2) is 0 Å². The molecule has 0 aliphatic rings. The average Bonchev–Trinajstić information content (AvgIpc) is 2.78. The number of hydrogen-bond donors (Lipinski definition) is 0. The van der Waals surface area contributed by atoms with Gasteiger partial charge in [-0.3, -0.25) is 9.79 Å². The van der Waals surface area contributed by atoms with Crippen molar-refractivity contribution in [2.75, 3.05) is 19.9 Å². The lowest BCUT2D eigenvalue weighted by molar-refractivity contribution is -0.104. The van der Waals surface area contributed by atoms with Gasteiger partial charge in [0.05, 0.1) is 25.2 Å². The Bertz CT molecular complexity index is 669. The molecule has 0 saturated carbocycles. The molecule has 5 heteroatoms. The lowest BCUT2D eigenvalue weighted by Gasteiger charge is -2.08. The maximum absolute atomic E-state index is 10.9. The van der Waals surface area contributed by atoms with E-state index in [0.29, 0.717) is 18.7 Å². The molecule has 0 heterocycles. The van der Waals surface area contributed by atoms with E-state index in [-0.39, 0.29) is 12.7 Å². The van der Waals surface area contributed by atoms with Crippen molar-refractivity contribution < 1.29 is 19.0 Å². The molecule has 1 atom stereocenters. The molecule has 0 rings (SSSR count). The fraction of sp³-hybridized carbons (Fsp3) is 0.462. The molecule has 0 radical (unpaired) electrons. The zero-order valence-electron chi connectivity index (χ0n) is 19.6. The van der Waals surface area contributed by atoms with E-state index < -0.39 is 0 Å². The van der Waals surface area contributed by atoms with Crippen LogP contribution in [0, 0.1) is 5.92 Å². The van der Waals surface area contributed by atoms with Crippen molar-refractivity contribution in [3.05, 3.63) is 72.5 Å². The molecular weight excluding hydrogens is 390 g/mol. The monoisotopic (exact) mass is 429 g/mol. The third-order valence-corrected chi connectivity index (χ3v) is 4.11. The third-order valence-electron chi connectivity index (χ3n) is 4.11. The molecule has 0 amide bonds. The summed E-state index contributed by atoms with van der Waals surface area (Å²) in [7, 11) is 0. The molecule has 31 heavy (non-hydrogen) atoms. The van der Waals surface area contributed by atoms with Gasteiger partial charge < -0.3 is 14.2 Å². The Morgan fingerprint density at radius 1 is 1.13 bits per heavy atom. The highest BCUT2D eigenvalue weighted by Gasteiger charge is 1.99. The van der Waals surface area contributed by atoms with E-state index in [1.807, 2.05) is 51.2 Å². The normalized spacial score (nSPS) is 14.4. The van der Waals surface area contributed by atoms with Crippen molar-refractivity contribution >= 4 is 12.5 Å². The van der Waals surface area contributed by atoms with Gasteiger partial charge in [0.2, 0.25) is 6.79 Å². The minimum atomic E-state index is 0.141. The van der Waals surface area contributed by atoms with Crippen molar-refractivity contribution in [2.24, 2.45) is 10.9 Å². The Hall–Kier alpha value is -2.82. The van der Waals surface area contributed by atoms with E-state index in [9.17, 15) is 4.79 Å². The van der Waals surface area contributed by atoms with Gasteiger partial charge in [-0.1, -0.05) is 25.2 Å². The van der Waals surface area contributed by atoms with Gasteiger partial charge in [-0.2, -0.15) is 0 Å². The molecule has 1 unspecified atom stereocenters. The summed E-state index contributed by atoms with van der Waals surface area (Å²) in [4.78, 5) is 15.0. The summed E-state index contributed by atoms with van der Waals surface area (Å²) < 4.78 is 16.6. The van der Waals surface area contributed by atoms with Crippen LogP contribution in [0.25, 0.3) is 0 Å². The summed E-state index contributed by atoms with van der Waals surface area (Å²) in [6.45, 7) is 12.9. The van der Waals surface area contributed by atoms with Crippen molar-refractivity contribution in [3.8, 4) is 0 Å². The molecule has 0 aliphatic carbocycles. The quantitative estimate of drug-likeness (QED) is 0.0366. The Morgan fingerprint density at radius 2 is 1.90 bits per heavy atom. The Kier molecular flexibility index (Phi) is 18.6. The van der Waals surface area contributed by atoms with Gasteiger partial charge in [0.1, 0.15) is 12.0 Å². The van der Waals surface area contributed by atoms with Gasteiger partial charge in [-0.15, -0.1) is 6.58 Å². The van der Waals surface area contributed by atoms with Crippen LogP contribution in [0.1, 0.15) is 53.4 Å². The van der Waals surface area contributed by atoms with Crippen molar-refractivity contribution in [2.45, 2.75) is 53.4 Å². The maximum Gasteiger partial charge on any atom is 0.229 e. The number of unbranched alkanes of at least 4 members (excludes halogenated alkanes) is 1. The first kappa shape index (κ1) is 28.2. The van der Waals surface area contributed by atoms with Crippen LogP contribution in [0.4, 0.5) is 0 Å². The minimum absolute atomic E-state index is 0.141. The van der Waals surface area contributed by atoms with Crippen molar-refractivity contribution in [1.82, 2.24) is 0 Å². The van der Waals surface area contributed by atoms with Gasteiger partial charge in [0.25, 0.3) is 0 Å². The Morgan fingerprint density at radius 3 is 2.55 bits per heavy atom. The molecule has 0 saturated heterocycles. The molecule has 0 aliphatic heterocycles. The molecule has 0 spiro atoms. The summed E-state index contributed by atoms with van der Waals surface area (Å²) in [5.74, 6) is 1.81. The second kappa shape index (κ2) is 20.5. The summed E-state index contributed by atoms with van der Waals surface area (Å²) in [6, 6.07) is 0. The smallest absolute Gasteiger partial charge is 0.229 e. The van der Waals surface area contributed by atoms with Crippen LogP contribution in [0.3, 0.4) is 0 Å². The van der Waals surface area contributed by atoms with Gasteiger partial charge in [-0.25, -0.2) is 0 Å².